The molecule has 98 valence electrons. The summed E-state index contributed by atoms with van der Waals surface area (Å²) in [6.45, 7) is 3.66. The average molecular weight is 269 g/mol. The Bertz CT molecular complexity index is 422. The number of halogens is 1. The van der Waals surface area contributed by atoms with Crippen molar-refractivity contribution >= 4 is 17.7 Å². The molecule has 3 nitrogen and oxygen atoms in total. The van der Waals surface area contributed by atoms with Gasteiger partial charge < -0.3 is 4.74 Å². The number of carbonyl (C=O) groups excluding carboxylic acids is 1. The number of thioether (sulfide) groups is 1. The number of hydrogen-bond donors (Lipinski definition) is 1. The van der Waals surface area contributed by atoms with E-state index in [1.54, 1.807) is 23.9 Å². The van der Waals surface area contributed by atoms with Gasteiger partial charge in [0, 0.05) is 5.75 Å². The van der Waals surface area contributed by atoms with Crippen molar-refractivity contribution < 1.29 is 13.9 Å². The third kappa shape index (κ3) is 3.23. The van der Waals surface area contributed by atoms with Crippen LogP contribution in [0.15, 0.2) is 24.3 Å². The van der Waals surface area contributed by atoms with Crippen molar-refractivity contribution in [3.8, 4) is 0 Å². The molecule has 1 fully saturated rings. The first-order valence-electron chi connectivity index (χ1n) is 5.90. The predicted molar refractivity (Wildman–Crippen MR) is 69.8 cm³/mol. The van der Waals surface area contributed by atoms with E-state index in [1.165, 1.54) is 12.1 Å². The Kier molecular flexibility index (Phi) is 4.24. The summed E-state index contributed by atoms with van der Waals surface area (Å²) < 4.78 is 18.0. The van der Waals surface area contributed by atoms with E-state index in [4.69, 9.17) is 4.74 Å². The second-order valence-electron chi connectivity index (χ2n) is 4.47. The van der Waals surface area contributed by atoms with Crippen molar-refractivity contribution in [2.75, 3.05) is 5.75 Å². The molecule has 1 aliphatic rings. The number of hydrogen-bond acceptors (Lipinski definition) is 4. The molecule has 2 atom stereocenters. The third-order valence-electron chi connectivity index (χ3n) is 2.59. The van der Waals surface area contributed by atoms with E-state index >= 15 is 0 Å². The number of carbonyl (C=O) groups is 1. The third-order valence-corrected chi connectivity index (χ3v) is 3.86. The van der Waals surface area contributed by atoms with Gasteiger partial charge in [0.1, 0.15) is 11.9 Å². The lowest BCUT2D eigenvalue weighted by atomic mass is 10.2. The molecule has 0 amide bonds. The van der Waals surface area contributed by atoms with Gasteiger partial charge in [-0.3, -0.25) is 10.1 Å². The largest absolute Gasteiger partial charge is 0.462 e. The predicted octanol–water partition coefficient (Wildman–Crippen LogP) is 2.48. The fourth-order valence-electron chi connectivity index (χ4n) is 1.75. The van der Waals surface area contributed by atoms with Gasteiger partial charge >= 0.3 is 5.97 Å². The van der Waals surface area contributed by atoms with Crippen LogP contribution in [0, 0.1) is 5.82 Å². The van der Waals surface area contributed by atoms with E-state index in [-0.39, 0.29) is 29.3 Å². The second-order valence-corrected chi connectivity index (χ2v) is 5.61. The van der Waals surface area contributed by atoms with Crippen LogP contribution in [-0.2, 0) is 9.53 Å². The quantitative estimate of drug-likeness (QED) is 0.856. The minimum absolute atomic E-state index is 0.0234. The minimum atomic E-state index is -0.285. The zero-order chi connectivity index (χ0) is 13.1. The number of benzene rings is 1. The van der Waals surface area contributed by atoms with Gasteiger partial charge in [-0.05, 0) is 31.5 Å². The van der Waals surface area contributed by atoms with Crippen LogP contribution >= 0.6 is 11.8 Å². The number of nitrogens with one attached hydrogen (secondary N) is 1. The van der Waals surface area contributed by atoms with E-state index in [0.29, 0.717) is 5.75 Å². The summed E-state index contributed by atoms with van der Waals surface area (Å²) >= 11 is 1.63. The molecule has 2 rings (SSSR count). The SMILES string of the molecule is CC(C)OC(=O)[C@H]1CS[C@@H](c2ccc(F)cc2)N1. The molecule has 18 heavy (non-hydrogen) atoms. The highest BCUT2D eigenvalue weighted by molar-refractivity contribution is 7.99. The molecule has 0 bridgehead atoms. The first kappa shape index (κ1) is 13.4. The second kappa shape index (κ2) is 5.71. The van der Waals surface area contributed by atoms with Crippen molar-refractivity contribution in [1.29, 1.82) is 0 Å². The van der Waals surface area contributed by atoms with Crippen molar-refractivity contribution in [2.24, 2.45) is 0 Å². The van der Waals surface area contributed by atoms with Crippen molar-refractivity contribution in [1.82, 2.24) is 5.32 Å². The molecule has 0 aromatic heterocycles. The molecule has 5 heteroatoms. The molecule has 0 saturated carbocycles. The van der Waals surface area contributed by atoms with E-state index < -0.39 is 0 Å². The standard InChI is InChI=1S/C13H16FNO2S/c1-8(2)17-13(16)11-7-18-12(15-11)9-3-5-10(14)6-4-9/h3-6,8,11-12,15H,7H2,1-2H3/t11-,12+/m1/s1. The summed E-state index contributed by atoms with van der Waals surface area (Å²) in [5.41, 5.74) is 0.973. The number of rotatable bonds is 3. The zero-order valence-electron chi connectivity index (χ0n) is 10.4. The van der Waals surface area contributed by atoms with Crippen LogP contribution in [0.4, 0.5) is 4.39 Å². The monoisotopic (exact) mass is 269 g/mol. The van der Waals surface area contributed by atoms with Gasteiger partial charge in [0.25, 0.3) is 0 Å². The summed E-state index contributed by atoms with van der Waals surface area (Å²) in [6, 6.07) is 6.04. The molecule has 1 heterocycles. The van der Waals surface area contributed by atoms with Crippen LogP contribution in [0.1, 0.15) is 24.8 Å². The van der Waals surface area contributed by atoms with Gasteiger partial charge in [0.15, 0.2) is 0 Å². The van der Waals surface area contributed by atoms with Gasteiger partial charge in [-0.2, -0.15) is 0 Å². The van der Waals surface area contributed by atoms with Crippen LogP contribution in [0.3, 0.4) is 0 Å². The smallest absolute Gasteiger partial charge is 0.324 e. The Hall–Kier alpha value is -1.07. The Labute approximate surface area is 110 Å². The fourth-order valence-corrected chi connectivity index (χ4v) is 2.98. The van der Waals surface area contributed by atoms with Crippen LogP contribution in [0.25, 0.3) is 0 Å². The first-order valence-corrected chi connectivity index (χ1v) is 6.95. The molecular formula is C13H16FNO2S. The molecule has 1 saturated heterocycles. The lowest BCUT2D eigenvalue weighted by molar-refractivity contribution is -0.149. The molecule has 1 N–H and O–H groups in total. The molecule has 0 spiro atoms. The topological polar surface area (TPSA) is 38.3 Å². The molecule has 0 unspecified atom stereocenters. The zero-order valence-corrected chi connectivity index (χ0v) is 11.2. The van der Waals surface area contributed by atoms with E-state index in [0.717, 1.165) is 5.56 Å². The highest BCUT2D eigenvalue weighted by atomic mass is 32.2. The first-order chi connectivity index (χ1) is 8.56. The van der Waals surface area contributed by atoms with Gasteiger partial charge in [-0.15, -0.1) is 11.8 Å². The summed E-state index contributed by atoms with van der Waals surface area (Å²) in [5.74, 6) is 0.202. The van der Waals surface area contributed by atoms with Gasteiger partial charge in [0.05, 0.1) is 11.5 Å². The maximum atomic E-state index is 12.8. The normalized spacial score (nSPS) is 23.3. The fraction of sp³-hybridized carbons (Fsp3) is 0.462. The van der Waals surface area contributed by atoms with E-state index in [9.17, 15) is 9.18 Å². The summed E-state index contributed by atoms with van der Waals surface area (Å²) in [6.07, 6.45) is -0.103. The molecule has 1 aliphatic heterocycles. The van der Waals surface area contributed by atoms with Crippen LogP contribution in [0.5, 0.6) is 0 Å². The molecule has 0 aliphatic carbocycles. The lowest BCUT2D eigenvalue weighted by Crippen LogP contribution is -2.36. The van der Waals surface area contributed by atoms with Crippen molar-refractivity contribution in [3.63, 3.8) is 0 Å². The highest BCUT2D eigenvalue weighted by Gasteiger charge is 2.31. The maximum Gasteiger partial charge on any atom is 0.324 e. The molecular weight excluding hydrogens is 253 g/mol. The van der Waals surface area contributed by atoms with E-state index in [1.807, 2.05) is 13.8 Å². The van der Waals surface area contributed by atoms with Crippen LogP contribution in [0.2, 0.25) is 0 Å². The van der Waals surface area contributed by atoms with Crippen LogP contribution in [-0.4, -0.2) is 23.9 Å². The van der Waals surface area contributed by atoms with Gasteiger partial charge in [0.2, 0.25) is 0 Å². The van der Waals surface area contributed by atoms with Crippen molar-refractivity contribution in [3.05, 3.63) is 35.6 Å². The summed E-state index contributed by atoms with van der Waals surface area (Å²) in [5, 5.41) is 3.22. The van der Waals surface area contributed by atoms with Gasteiger partial charge in [-0.25, -0.2) is 4.39 Å². The summed E-state index contributed by atoms with van der Waals surface area (Å²) in [7, 11) is 0. The Morgan fingerprint density at radius 3 is 2.72 bits per heavy atom. The number of esters is 1. The van der Waals surface area contributed by atoms with Gasteiger partial charge in [-0.1, -0.05) is 12.1 Å². The number of ether oxygens (including phenoxy) is 1. The van der Waals surface area contributed by atoms with Crippen molar-refractivity contribution in [2.45, 2.75) is 31.4 Å². The Morgan fingerprint density at radius 2 is 2.11 bits per heavy atom. The average Bonchev–Trinajstić information content (AvgIpc) is 2.78. The summed E-state index contributed by atoms with van der Waals surface area (Å²) in [4.78, 5) is 11.7. The lowest BCUT2D eigenvalue weighted by Gasteiger charge is -2.14. The Balaban J connectivity index is 1.96. The molecule has 1 aromatic rings. The molecule has 1 aromatic carbocycles. The molecule has 0 radical (unpaired) electrons. The minimum Gasteiger partial charge on any atom is -0.462 e. The van der Waals surface area contributed by atoms with Crippen LogP contribution < -0.4 is 5.32 Å². The maximum absolute atomic E-state index is 12.8. The van der Waals surface area contributed by atoms with E-state index in [2.05, 4.69) is 5.32 Å². The highest BCUT2D eigenvalue weighted by Crippen LogP contribution is 2.33. The Morgan fingerprint density at radius 1 is 1.44 bits per heavy atom.